The summed E-state index contributed by atoms with van der Waals surface area (Å²) in [5.41, 5.74) is 6.42. The molecule has 0 aliphatic heterocycles. The lowest BCUT2D eigenvalue weighted by Gasteiger charge is -2.07. The van der Waals surface area contributed by atoms with Crippen molar-refractivity contribution in [2.75, 3.05) is 13.6 Å². The maximum atomic E-state index is 11.7. The predicted molar refractivity (Wildman–Crippen MR) is 87.1 cm³/mol. The van der Waals surface area contributed by atoms with Crippen molar-refractivity contribution in [3.05, 3.63) is 29.8 Å². The Labute approximate surface area is 130 Å². The van der Waals surface area contributed by atoms with Gasteiger partial charge >= 0.3 is 0 Å². The zero-order valence-electron chi connectivity index (χ0n) is 10.9. The fraction of sp³-hybridized carbons (Fsp3) is 0.364. The SMILES string of the molecule is CCNS(=O)(=O)c1ccc(CNC(N)=NC)cc1.I. The highest BCUT2D eigenvalue weighted by molar-refractivity contribution is 14.0. The minimum Gasteiger partial charge on any atom is -0.370 e. The van der Waals surface area contributed by atoms with Crippen molar-refractivity contribution >= 4 is 40.0 Å². The topological polar surface area (TPSA) is 96.6 Å². The van der Waals surface area contributed by atoms with Crippen LogP contribution in [0, 0.1) is 0 Å². The molecule has 0 aliphatic rings. The number of nitrogens with two attached hydrogens (primary N) is 1. The Kier molecular flexibility index (Phi) is 7.95. The molecular weight excluding hydrogens is 379 g/mol. The van der Waals surface area contributed by atoms with E-state index >= 15 is 0 Å². The van der Waals surface area contributed by atoms with Crippen LogP contribution in [0.5, 0.6) is 0 Å². The quantitative estimate of drug-likeness (QED) is 0.385. The van der Waals surface area contributed by atoms with Crippen molar-refractivity contribution in [1.29, 1.82) is 0 Å². The smallest absolute Gasteiger partial charge is 0.240 e. The minimum atomic E-state index is -3.38. The standard InChI is InChI=1S/C11H18N4O2S.HI/c1-3-15-18(16,17)10-6-4-9(5-7-10)8-14-11(12)13-2;/h4-7,15H,3,8H2,1-2H3,(H3,12,13,14);1H. The van der Waals surface area contributed by atoms with Crippen LogP contribution < -0.4 is 15.8 Å². The van der Waals surface area contributed by atoms with Gasteiger partial charge in [0.1, 0.15) is 0 Å². The van der Waals surface area contributed by atoms with Gasteiger partial charge in [0, 0.05) is 20.1 Å². The number of halogens is 1. The average molecular weight is 398 g/mol. The van der Waals surface area contributed by atoms with Gasteiger partial charge in [0.25, 0.3) is 0 Å². The third-order valence-electron chi connectivity index (χ3n) is 2.28. The molecule has 0 amide bonds. The summed E-state index contributed by atoms with van der Waals surface area (Å²) in [6, 6.07) is 6.60. The van der Waals surface area contributed by atoms with Crippen molar-refractivity contribution in [2.24, 2.45) is 10.7 Å². The predicted octanol–water partition coefficient (Wildman–Crippen LogP) is 0.637. The molecule has 0 spiro atoms. The largest absolute Gasteiger partial charge is 0.370 e. The van der Waals surface area contributed by atoms with Crippen LogP contribution in [0.1, 0.15) is 12.5 Å². The molecule has 19 heavy (non-hydrogen) atoms. The van der Waals surface area contributed by atoms with Gasteiger partial charge in [0.05, 0.1) is 4.90 Å². The summed E-state index contributed by atoms with van der Waals surface area (Å²) in [5, 5.41) is 2.89. The molecule has 0 bridgehead atoms. The number of guanidine groups is 1. The summed E-state index contributed by atoms with van der Waals surface area (Å²) < 4.78 is 25.8. The second kappa shape index (κ2) is 8.33. The molecule has 0 saturated carbocycles. The van der Waals surface area contributed by atoms with Crippen LogP contribution in [0.25, 0.3) is 0 Å². The van der Waals surface area contributed by atoms with Gasteiger partial charge in [0.2, 0.25) is 10.0 Å². The van der Waals surface area contributed by atoms with Crippen LogP contribution in [0.2, 0.25) is 0 Å². The van der Waals surface area contributed by atoms with E-state index in [0.29, 0.717) is 19.0 Å². The highest BCUT2D eigenvalue weighted by Gasteiger charge is 2.11. The Bertz CT molecular complexity index is 514. The van der Waals surface area contributed by atoms with Crippen molar-refractivity contribution in [3.8, 4) is 0 Å². The zero-order valence-corrected chi connectivity index (χ0v) is 14.0. The fourth-order valence-corrected chi connectivity index (χ4v) is 2.37. The van der Waals surface area contributed by atoms with Crippen molar-refractivity contribution in [2.45, 2.75) is 18.4 Å². The Morgan fingerprint density at radius 3 is 2.37 bits per heavy atom. The number of rotatable bonds is 5. The summed E-state index contributed by atoms with van der Waals surface area (Å²) >= 11 is 0. The second-order valence-corrected chi connectivity index (χ2v) is 5.37. The Hall–Kier alpha value is -0.870. The van der Waals surface area contributed by atoms with Crippen molar-refractivity contribution < 1.29 is 8.42 Å². The van der Waals surface area contributed by atoms with Crippen LogP contribution in [0.3, 0.4) is 0 Å². The summed E-state index contributed by atoms with van der Waals surface area (Å²) in [7, 11) is -1.79. The molecule has 1 aromatic rings. The molecule has 0 atom stereocenters. The molecule has 8 heteroatoms. The number of hydrogen-bond donors (Lipinski definition) is 3. The second-order valence-electron chi connectivity index (χ2n) is 3.61. The normalized spacial score (nSPS) is 11.8. The van der Waals surface area contributed by atoms with E-state index in [1.165, 1.54) is 0 Å². The molecule has 0 aromatic heterocycles. The number of nitrogens with zero attached hydrogens (tertiary/aromatic N) is 1. The molecule has 1 aromatic carbocycles. The number of benzene rings is 1. The maximum Gasteiger partial charge on any atom is 0.240 e. The summed E-state index contributed by atoms with van der Waals surface area (Å²) in [5.74, 6) is 0.347. The van der Waals surface area contributed by atoms with E-state index in [-0.39, 0.29) is 28.9 Å². The molecule has 0 aliphatic carbocycles. The molecule has 1 rings (SSSR count). The van der Waals surface area contributed by atoms with E-state index in [1.54, 1.807) is 38.2 Å². The van der Waals surface area contributed by atoms with Crippen LogP contribution in [0.15, 0.2) is 34.2 Å². The highest BCUT2D eigenvalue weighted by atomic mass is 127. The van der Waals surface area contributed by atoms with Crippen LogP contribution in [-0.4, -0.2) is 28.0 Å². The first-order valence-corrected chi connectivity index (χ1v) is 7.02. The maximum absolute atomic E-state index is 11.7. The lowest BCUT2D eigenvalue weighted by molar-refractivity contribution is 0.584. The molecule has 6 nitrogen and oxygen atoms in total. The third kappa shape index (κ3) is 5.74. The lowest BCUT2D eigenvalue weighted by atomic mass is 10.2. The zero-order chi connectivity index (χ0) is 13.6. The summed E-state index contributed by atoms with van der Waals surface area (Å²) in [6.07, 6.45) is 0. The molecule has 0 saturated heterocycles. The number of nitrogens with one attached hydrogen (secondary N) is 2. The van der Waals surface area contributed by atoms with E-state index in [2.05, 4.69) is 15.0 Å². The van der Waals surface area contributed by atoms with Gasteiger partial charge in [-0.05, 0) is 17.7 Å². The Morgan fingerprint density at radius 2 is 1.89 bits per heavy atom. The lowest BCUT2D eigenvalue weighted by Crippen LogP contribution is -2.30. The summed E-state index contributed by atoms with van der Waals surface area (Å²) in [4.78, 5) is 4.02. The first-order chi connectivity index (χ1) is 8.49. The highest BCUT2D eigenvalue weighted by Crippen LogP contribution is 2.10. The van der Waals surface area contributed by atoms with E-state index in [9.17, 15) is 8.42 Å². The molecule has 108 valence electrons. The summed E-state index contributed by atoms with van der Waals surface area (Å²) in [6.45, 7) is 2.61. The molecule has 0 unspecified atom stereocenters. The van der Waals surface area contributed by atoms with Gasteiger partial charge in [-0.15, -0.1) is 24.0 Å². The number of sulfonamides is 1. The van der Waals surface area contributed by atoms with Gasteiger partial charge < -0.3 is 11.1 Å². The average Bonchev–Trinajstić information content (AvgIpc) is 2.36. The van der Waals surface area contributed by atoms with E-state index in [4.69, 9.17) is 5.73 Å². The van der Waals surface area contributed by atoms with Crippen LogP contribution in [0.4, 0.5) is 0 Å². The minimum absolute atomic E-state index is 0. The first-order valence-electron chi connectivity index (χ1n) is 5.54. The van der Waals surface area contributed by atoms with Crippen molar-refractivity contribution in [1.82, 2.24) is 10.0 Å². The third-order valence-corrected chi connectivity index (χ3v) is 3.84. The number of aliphatic imine (C=N–C) groups is 1. The van der Waals surface area contributed by atoms with Crippen LogP contribution >= 0.6 is 24.0 Å². The van der Waals surface area contributed by atoms with E-state index < -0.39 is 10.0 Å². The van der Waals surface area contributed by atoms with Gasteiger partial charge in [-0.2, -0.15) is 0 Å². The Balaban J connectivity index is 0.00000324. The molecule has 4 N–H and O–H groups in total. The van der Waals surface area contributed by atoms with E-state index in [1.807, 2.05) is 0 Å². The monoisotopic (exact) mass is 398 g/mol. The Morgan fingerprint density at radius 1 is 1.32 bits per heavy atom. The van der Waals surface area contributed by atoms with Crippen molar-refractivity contribution in [3.63, 3.8) is 0 Å². The van der Waals surface area contributed by atoms with Gasteiger partial charge in [0.15, 0.2) is 5.96 Å². The van der Waals surface area contributed by atoms with Gasteiger partial charge in [-0.3, -0.25) is 4.99 Å². The first kappa shape index (κ1) is 18.1. The molecular formula is C11H19IN4O2S. The van der Waals surface area contributed by atoms with Gasteiger partial charge in [-0.25, -0.2) is 13.1 Å². The molecule has 0 fully saturated rings. The number of hydrogen-bond acceptors (Lipinski definition) is 3. The molecule has 0 radical (unpaired) electrons. The van der Waals surface area contributed by atoms with Gasteiger partial charge in [-0.1, -0.05) is 19.1 Å². The van der Waals surface area contributed by atoms with Crippen LogP contribution in [-0.2, 0) is 16.6 Å². The fourth-order valence-electron chi connectivity index (χ4n) is 1.33. The van der Waals surface area contributed by atoms with E-state index in [0.717, 1.165) is 5.56 Å². The molecule has 0 heterocycles.